The molecule has 138 valence electrons. The fourth-order valence-electron chi connectivity index (χ4n) is 3.55. The number of methoxy groups -OCH3 is 2. The van der Waals surface area contributed by atoms with Crippen molar-refractivity contribution < 1.29 is 19.0 Å². The largest absolute Gasteiger partial charge is 0.493 e. The molecule has 7 nitrogen and oxygen atoms in total. The maximum absolute atomic E-state index is 12.1. The number of nitrogens with one attached hydrogen (secondary N) is 2. The zero-order valence-corrected chi connectivity index (χ0v) is 14.9. The summed E-state index contributed by atoms with van der Waals surface area (Å²) >= 11 is 0. The fourth-order valence-corrected chi connectivity index (χ4v) is 3.55. The molecule has 0 aromatic heterocycles. The molecule has 2 heterocycles. The van der Waals surface area contributed by atoms with E-state index in [-0.39, 0.29) is 12.1 Å². The van der Waals surface area contributed by atoms with Crippen LogP contribution >= 0.6 is 0 Å². The van der Waals surface area contributed by atoms with E-state index in [1.165, 1.54) is 12.8 Å². The summed E-state index contributed by atoms with van der Waals surface area (Å²) in [5.74, 6) is 1.29. The predicted molar refractivity (Wildman–Crippen MR) is 94.1 cm³/mol. The number of carbonyl (C=O) groups is 1. The molecule has 3 rings (SSSR count). The lowest BCUT2D eigenvalue weighted by molar-refractivity contribution is -0.0457. The lowest BCUT2D eigenvalue weighted by Crippen LogP contribution is -2.51. The van der Waals surface area contributed by atoms with Crippen molar-refractivity contribution in [3.63, 3.8) is 0 Å². The van der Waals surface area contributed by atoms with Crippen LogP contribution < -0.4 is 20.1 Å². The van der Waals surface area contributed by atoms with Crippen LogP contribution in [0.4, 0.5) is 4.79 Å². The predicted octanol–water partition coefficient (Wildman–Crippen LogP) is 1.37. The molecule has 2 aliphatic rings. The van der Waals surface area contributed by atoms with Gasteiger partial charge in [0.1, 0.15) is 0 Å². The van der Waals surface area contributed by atoms with Crippen molar-refractivity contribution in [1.29, 1.82) is 0 Å². The Balaban J connectivity index is 1.44. The summed E-state index contributed by atoms with van der Waals surface area (Å²) in [5.41, 5.74) is 0.867. The van der Waals surface area contributed by atoms with E-state index in [2.05, 4.69) is 15.5 Å². The molecule has 25 heavy (non-hydrogen) atoms. The minimum atomic E-state index is -0.211. The number of carbonyl (C=O) groups excluding carboxylic acids is 1. The van der Waals surface area contributed by atoms with E-state index in [1.54, 1.807) is 14.2 Å². The first-order valence-electron chi connectivity index (χ1n) is 8.78. The zero-order valence-electron chi connectivity index (χ0n) is 14.9. The number of morpholine rings is 1. The lowest BCUT2D eigenvalue weighted by Gasteiger charge is -2.35. The molecule has 0 radical (unpaired) electrons. The third-order valence-corrected chi connectivity index (χ3v) is 4.88. The molecule has 0 aliphatic carbocycles. The van der Waals surface area contributed by atoms with Crippen LogP contribution in [-0.2, 0) is 11.3 Å². The van der Waals surface area contributed by atoms with E-state index in [0.29, 0.717) is 30.6 Å². The molecule has 2 N–H and O–H groups in total. The SMILES string of the molecule is COc1cccc(CNC(=O)NCC2CN3CCCC3CO2)c1OC. The summed E-state index contributed by atoms with van der Waals surface area (Å²) in [6.45, 7) is 3.70. The third-order valence-electron chi connectivity index (χ3n) is 4.88. The molecule has 1 aromatic rings. The van der Waals surface area contributed by atoms with Gasteiger partial charge in [-0.25, -0.2) is 4.79 Å². The Hall–Kier alpha value is -1.99. The number of nitrogens with zero attached hydrogens (tertiary/aromatic N) is 1. The van der Waals surface area contributed by atoms with Crippen molar-refractivity contribution in [2.24, 2.45) is 0 Å². The summed E-state index contributed by atoms with van der Waals surface area (Å²) < 4.78 is 16.5. The van der Waals surface area contributed by atoms with Crippen LogP contribution in [0, 0.1) is 0 Å². The van der Waals surface area contributed by atoms with Gasteiger partial charge in [0, 0.05) is 31.2 Å². The van der Waals surface area contributed by atoms with Gasteiger partial charge in [-0.05, 0) is 25.5 Å². The number of hydrogen-bond donors (Lipinski definition) is 2. The van der Waals surface area contributed by atoms with Gasteiger partial charge in [0.2, 0.25) is 0 Å². The van der Waals surface area contributed by atoms with Crippen LogP contribution in [0.5, 0.6) is 11.5 Å². The minimum absolute atomic E-state index is 0.0615. The second-order valence-corrected chi connectivity index (χ2v) is 6.46. The number of amides is 2. The molecule has 2 saturated heterocycles. The molecule has 2 fully saturated rings. The molecule has 2 aliphatic heterocycles. The fraction of sp³-hybridized carbons (Fsp3) is 0.611. The van der Waals surface area contributed by atoms with E-state index >= 15 is 0 Å². The van der Waals surface area contributed by atoms with Crippen LogP contribution in [0.2, 0.25) is 0 Å². The number of para-hydroxylation sites is 1. The Labute approximate surface area is 148 Å². The quantitative estimate of drug-likeness (QED) is 0.812. The van der Waals surface area contributed by atoms with Gasteiger partial charge < -0.3 is 24.8 Å². The van der Waals surface area contributed by atoms with Gasteiger partial charge in [0.05, 0.1) is 26.9 Å². The number of urea groups is 1. The maximum atomic E-state index is 12.1. The molecule has 0 saturated carbocycles. The van der Waals surface area contributed by atoms with Crippen LogP contribution in [0.15, 0.2) is 18.2 Å². The van der Waals surface area contributed by atoms with E-state index in [1.807, 2.05) is 18.2 Å². The number of fused-ring (bicyclic) bond motifs is 1. The highest BCUT2D eigenvalue weighted by atomic mass is 16.5. The van der Waals surface area contributed by atoms with Gasteiger partial charge >= 0.3 is 6.03 Å². The highest BCUT2D eigenvalue weighted by Crippen LogP contribution is 2.30. The Kier molecular flexibility index (Phi) is 5.99. The van der Waals surface area contributed by atoms with Crippen molar-refractivity contribution in [2.45, 2.75) is 31.5 Å². The molecule has 2 atom stereocenters. The number of rotatable bonds is 6. The average molecular weight is 349 g/mol. The molecule has 0 spiro atoms. The Bertz CT molecular complexity index is 596. The molecule has 2 amide bonds. The van der Waals surface area contributed by atoms with Crippen molar-refractivity contribution in [3.05, 3.63) is 23.8 Å². The number of hydrogen-bond acceptors (Lipinski definition) is 5. The van der Waals surface area contributed by atoms with Crippen LogP contribution in [0.25, 0.3) is 0 Å². The molecule has 1 aromatic carbocycles. The summed E-state index contributed by atoms with van der Waals surface area (Å²) in [5, 5.41) is 5.75. The average Bonchev–Trinajstić information content (AvgIpc) is 3.11. The standard InChI is InChI=1S/C18H27N3O4/c1-23-16-7-3-5-13(17(16)24-2)9-19-18(22)20-10-15-11-21-8-4-6-14(21)12-25-15/h3,5,7,14-15H,4,6,8-12H2,1-2H3,(H2,19,20,22). The van der Waals surface area contributed by atoms with Gasteiger partial charge in [-0.15, -0.1) is 0 Å². The topological polar surface area (TPSA) is 72.1 Å². The van der Waals surface area contributed by atoms with Crippen molar-refractivity contribution >= 4 is 6.03 Å². The van der Waals surface area contributed by atoms with Crippen LogP contribution in [0.3, 0.4) is 0 Å². The second kappa shape index (κ2) is 8.40. The first kappa shape index (κ1) is 17.8. The summed E-state index contributed by atoms with van der Waals surface area (Å²) in [6, 6.07) is 5.97. The minimum Gasteiger partial charge on any atom is -0.493 e. The second-order valence-electron chi connectivity index (χ2n) is 6.46. The van der Waals surface area contributed by atoms with Gasteiger partial charge in [-0.2, -0.15) is 0 Å². The first-order chi connectivity index (χ1) is 12.2. The molecule has 7 heteroatoms. The molecular weight excluding hydrogens is 322 g/mol. The smallest absolute Gasteiger partial charge is 0.315 e. The highest BCUT2D eigenvalue weighted by Gasteiger charge is 2.32. The summed E-state index contributed by atoms with van der Waals surface area (Å²) in [6.07, 6.45) is 2.53. The third kappa shape index (κ3) is 4.35. The first-order valence-corrected chi connectivity index (χ1v) is 8.78. The van der Waals surface area contributed by atoms with Crippen molar-refractivity contribution in [1.82, 2.24) is 15.5 Å². The van der Waals surface area contributed by atoms with E-state index in [0.717, 1.165) is 25.3 Å². The van der Waals surface area contributed by atoms with Gasteiger partial charge in [0.15, 0.2) is 11.5 Å². The zero-order chi connectivity index (χ0) is 17.6. The van der Waals surface area contributed by atoms with E-state index < -0.39 is 0 Å². The van der Waals surface area contributed by atoms with Gasteiger partial charge in [-0.3, -0.25) is 4.90 Å². The van der Waals surface area contributed by atoms with E-state index in [9.17, 15) is 4.79 Å². The normalized spacial score (nSPS) is 23.0. The Morgan fingerprint density at radius 1 is 1.32 bits per heavy atom. The van der Waals surface area contributed by atoms with Crippen LogP contribution in [-0.4, -0.2) is 63.5 Å². The van der Waals surface area contributed by atoms with Gasteiger partial charge in [0.25, 0.3) is 0 Å². The van der Waals surface area contributed by atoms with Crippen molar-refractivity contribution in [3.8, 4) is 11.5 Å². The Morgan fingerprint density at radius 3 is 3.00 bits per heavy atom. The summed E-state index contributed by atoms with van der Waals surface area (Å²) in [7, 11) is 3.18. The molecule has 0 bridgehead atoms. The summed E-state index contributed by atoms with van der Waals surface area (Å²) in [4.78, 5) is 14.5. The number of benzene rings is 1. The molecular formula is C18H27N3O4. The van der Waals surface area contributed by atoms with Gasteiger partial charge in [-0.1, -0.05) is 12.1 Å². The maximum Gasteiger partial charge on any atom is 0.315 e. The van der Waals surface area contributed by atoms with Crippen LogP contribution in [0.1, 0.15) is 18.4 Å². The van der Waals surface area contributed by atoms with Crippen molar-refractivity contribution in [2.75, 3.05) is 40.5 Å². The monoisotopic (exact) mass is 349 g/mol. The molecule has 2 unspecified atom stereocenters. The lowest BCUT2D eigenvalue weighted by atomic mass is 10.2. The number of ether oxygens (including phenoxy) is 3. The Morgan fingerprint density at radius 2 is 2.20 bits per heavy atom. The highest BCUT2D eigenvalue weighted by molar-refractivity contribution is 5.74. The van der Waals surface area contributed by atoms with E-state index in [4.69, 9.17) is 14.2 Å².